The molecule has 0 aliphatic heterocycles. The molecule has 0 aromatic heterocycles. The minimum Gasteiger partial charge on any atom is -0.480 e. The van der Waals surface area contributed by atoms with Crippen molar-refractivity contribution in [2.75, 3.05) is 18.5 Å². The highest BCUT2D eigenvalue weighted by atomic mass is 16.4. The van der Waals surface area contributed by atoms with E-state index in [1.165, 1.54) is 6.92 Å². The smallest absolute Gasteiger partial charge is 0.323 e. The van der Waals surface area contributed by atoms with Gasteiger partial charge in [-0.2, -0.15) is 0 Å². The average Bonchev–Trinajstić information content (AvgIpc) is 2.27. The van der Waals surface area contributed by atoms with Gasteiger partial charge in [0.1, 0.15) is 5.54 Å². The first kappa shape index (κ1) is 12.5. The highest BCUT2D eigenvalue weighted by Gasteiger charge is 2.27. The first-order chi connectivity index (χ1) is 7.43. The Morgan fingerprint density at radius 3 is 2.50 bits per heavy atom. The molecule has 1 aromatic rings. The van der Waals surface area contributed by atoms with Crippen molar-refractivity contribution < 1.29 is 9.90 Å². The molecule has 1 rings (SSSR count). The van der Waals surface area contributed by atoms with Crippen LogP contribution in [0.2, 0.25) is 0 Å². The first-order valence-electron chi connectivity index (χ1n) is 5.22. The molecule has 1 unspecified atom stereocenters. The summed E-state index contributed by atoms with van der Waals surface area (Å²) in [6, 6.07) is 9.81. The van der Waals surface area contributed by atoms with Gasteiger partial charge in [-0.3, -0.25) is 4.79 Å². The minimum absolute atomic E-state index is 0.410. The van der Waals surface area contributed by atoms with Crippen molar-refractivity contribution in [1.82, 2.24) is 0 Å². The van der Waals surface area contributed by atoms with Crippen LogP contribution in [-0.4, -0.2) is 30.2 Å². The van der Waals surface area contributed by atoms with E-state index in [9.17, 15) is 4.79 Å². The zero-order valence-corrected chi connectivity index (χ0v) is 9.68. The zero-order valence-electron chi connectivity index (χ0n) is 9.68. The molecule has 0 bridgehead atoms. The molecule has 0 saturated heterocycles. The highest BCUT2D eigenvalue weighted by Crippen LogP contribution is 2.14. The fourth-order valence-electron chi connectivity index (χ4n) is 1.32. The Hall–Kier alpha value is -1.55. The Labute approximate surface area is 95.7 Å². The molecule has 0 aliphatic rings. The SMILES string of the molecule is CN(CCC(C)(N)C(=O)O)c1ccccc1. The lowest BCUT2D eigenvalue weighted by atomic mass is 9.99. The van der Waals surface area contributed by atoms with Crippen LogP contribution in [0.5, 0.6) is 0 Å². The predicted molar refractivity (Wildman–Crippen MR) is 64.6 cm³/mol. The number of carboxylic acids is 1. The summed E-state index contributed by atoms with van der Waals surface area (Å²) in [5.41, 5.74) is 5.56. The van der Waals surface area contributed by atoms with E-state index in [0.717, 1.165) is 5.69 Å². The lowest BCUT2D eigenvalue weighted by molar-refractivity contribution is -0.142. The van der Waals surface area contributed by atoms with Crippen LogP contribution in [0.1, 0.15) is 13.3 Å². The molecular weight excluding hydrogens is 204 g/mol. The molecule has 4 nitrogen and oxygen atoms in total. The number of nitrogens with zero attached hydrogens (tertiary/aromatic N) is 1. The molecule has 1 atom stereocenters. The van der Waals surface area contributed by atoms with Crippen molar-refractivity contribution in [1.29, 1.82) is 0 Å². The summed E-state index contributed by atoms with van der Waals surface area (Å²) < 4.78 is 0. The molecule has 88 valence electrons. The largest absolute Gasteiger partial charge is 0.480 e. The number of nitrogens with two attached hydrogens (primary N) is 1. The predicted octanol–water partition coefficient (Wildman–Crippen LogP) is 1.31. The summed E-state index contributed by atoms with van der Waals surface area (Å²) in [6.07, 6.45) is 0.410. The lowest BCUT2D eigenvalue weighted by Gasteiger charge is -2.25. The van der Waals surface area contributed by atoms with Gasteiger partial charge in [-0.05, 0) is 25.5 Å². The second-order valence-electron chi connectivity index (χ2n) is 4.23. The number of para-hydroxylation sites is 1. The van der Waals surface area contributed by atoms with Crippen LogP contribution in [-0.2, 0) is 4.79 Å². The van der Waals surface area contributed by atoms with Crippen LogP contribution in [0.15, 0.2) is 30.3 Å². The molecule has 0 aliphatic carbocycles. The molecule has 1 aromatic carbocycles. The molecule has 4 heteroatoms. The number of benzene rings is 1. The number of anilines is 1. The third kappa shape index (κ3) is 3.24. The maximum atomic E-state index is 10.8. The first-order valence-corrected chi connectivity index (χ1v) is 5.22. The van der Waals surface area contributed by atoms with Gasteiger partial charge in [0.25, 0.3) is 0 Å². The summed E-state index contributed by atoms with van der Waals surface area (Å²) in [4.78, 5) is 12.8. The number of carboxylic acid groups (broad SMARTS) is 1. The molecule has 0 heterocycles. The molecule has 0 amide bonds. The summed E-state index contributed by atoms with van der Waals surface area (Å²) in [5, 5.41) is 8.88. The van der Waals surface area contributed by atoms with Gasteiger partial charge in [-0.25, -0.2) is 0 Å². The van der Waals surface area contributed by atoms with Crippen LogP contribution < -0.4 is 10.6 Å². The monoisotopic (exact) mass is 222 g/mol. The molecule has 0 fully saturated rings. The minimum atomic E-state index is -1.16. The molecule has 0 radical (unpaired) electrons. The fourth-order valence-corrected chi connectivity index (χ4v) is 1.32. The molecule has 16 heavy (non-hydrogen) atoms. The van der Waals surface area contributed by atoms with Crippen molar-refractivity contribution in [2.45, 2.75) is 18.9 Å². The Balaban J connectivity index is 2.54. The number of hydrogen-bond donors (Lipinski definition) is 2. The van der Waals surface area contributed by atoms with Crippen LogP contribution in [0.25, 0.3) is 0 Å². The third-order valence-electron chi connectivity index (χ3n) is 2.65. The van der Waals surface area contributed by atoms with Crippen LogP contribution in [0.3, 0.4) is 0 Å². The van der Waals surface area contributed by atoms with E-state index in [0.29, 0.717) is 13.0 Å². The maximum Gasteiger partial charge on any atom is 0.323 e. The van der Waals surface area contributed by atoms with Crippen molar-refractivity contribution in [2.24, 2.45) is 5.73 Å². The topological polar surface area (TPSA) is 66.6 Å². The van der Waals surface area contributed by atoms with Gasteiger partial charge in [0.15, 0.2) is 0 Å². The van der Waals surface area contributed by atoms with E-state index in [-0.39, 0.29) is 0 Å². The number of carbonyl (C=O) groups is 1. The van der Waals surface area contributed by atoms with E-state index in [4.69, 9.17) is 10.8 Å². The molecule has 3 N–H and O–H groups in total. The van der Waals surface area contributed by atoms with Gasteiger partial charge in [-0.15, -0.1) is 0 Å². The lowest BCUT2D eigenvalue weighted by Crippen LogP contribution is -2.47. The van der Waals surface area contributed by atoms with E-state index >= 15 is 0 Å². The van der Waals surface area contributed by atoms with Crippen LogP contribution >= 0.6 is 0 Å². The molecule has 0 spiro atoms. The van der Waals surface area contributed by atoms with Gasteiger partial charge >= 0.3 is 5.97 Å². The summed E-state index contributed by atoms with van der Waals surface area (Å²) in [6.45, 7) is 2.15. The standard InChI is InChI=1S/C12H18N2O2/c1-12(13,11(15)16)8-9-14(2)10-6-4-3-5-7-10/h3-7H,8-9,13H2,1-2H3,(H,15,16). The van der Waals surface area contributed by atoms with E-state index in [1.54, 1.807) is 0 Å². The Morgan fingerprint density at radius 1 is 1.44 bits per heavy atom. The highest BCUT2D eigenvalue weighted by molar-refractivity contribution is 5.77. The summed E-state index contributed by atoms with van der Waals surface area (Å²) in [7, 11) is 1.92. The fraction of sp³-hybridized carbons (Fsp3) is 0.417. The van der Waals surface area contributed by atoms with Gasteiger partial charge in [0, 0.05) is 19.3 Å². The van der Waals surface area contributed by atoms with Crippen LogP contribution in [0.4, 0.5) is 5.69 Å². The average molecular weight is 222 g/mol. The van der Waals surface area contributed by atoms with Gasteiger partial charge < -0.3 is 15.7 Å². The van der Waals surface area contributed by atoms with Crippen molar-refractivity contribution in [3.63, 3.8) is 0 Å². The van der Waals surface area contributed by atoms with Gasteiger partial charge in [0.05, 0.1) is 0 Å². The van der Waals surface area contributed by atoms with Crippen LogP contribution in [0, 0.1) is 0 Å². The van der Waals surface area contributed by atoms with Crippen molar-refractivity contribution in [3.05, 3.63) is 30.3 Å². The number of aliphatic carboxylic acids is 1. The van der Waals surface area contributed by atoms with Crippen molar-refractivity contribution in [3.8, 4) is 0 Å². The number of rotatable bonds is 5. The zero-order chi connectivity index (χ0) is 12.2. The normalized spacial score (nSPS) is 14.2. The quantitative estimate of drug-likeness (QED) is 0.788. The van der Waals surface area contributed by atoms with Gasteiger partial charge in [-0.1, -0.05) is 18.2 Å². The van der Waals surface area contributed by atoms with E-state index in [1.807, 2.05) is 42.3 Å². The second-order valence-corrected chi connectivity index (χ2v) is 4.23. The van der Waals surface area contributed by atoms with E-state index < -0.39 is 11.5 Å². The summed E-state index contributed by atoms with van der Waals surface area (Å²) >= 11 is 0. The molecule has 0 saturated carbocycles. The second kappa shape index (κ2) is 4.99. The molecular formula is C12H18N2O2. The Bertz CT molecular complexity index is 349. The van der Waals surface area contributed by atoms with E-state index in [2.05, 4.69) is 0 Å². The van der Waals surface area contributed by atoms with Gasteiger partial charge in [0.2, 0.25) is 0 Å². The Kier molecular flexibility index (Phi) is 3.90. The maximum absolute atomic E-state index is 10.8. The number of hydrogen-bond acceptors (Lipinski definition) is 3. The van der Waals surface area contributed by atoms with Crippen molar-refractivity contribution >= 4 is 11.7 Å². The summed E-state index contributed by atoms with van der Waals surface area (Å²) in [5.74, 6) is -0.964. The Morgan fingerprint density at radius 2 is 2.00 bits per heavy atom. The third-order valence-corrected chi connectivity index (χ3v) is 2.65.